The number of nitrogens with zero attached hydrogens (tertiary/aromatic N) is 1. The van der Waals surface area contributed by atoms with Crippen LogP contribution in [0.15, 0.2) is 83.8 Å². The molecule has 3 aromatic carbocycles. The number of hydrogen-bond donors (Lipinski definition) is 1. The van der Waals surface area contributed by atoms with Crippen molar-refractivity contribution >= 4 is 21.6 Å². The summed E-state index contributed by atoms with van der Waals surface area (Å²) in [5, 5.41) is 2.93. The van der Waals surface area contributed by atoms with E-state index in [0.717, 1.165) is 11.3 Å². The summed E-state index contributed by atoms with van der Waals surface area (Å²) < 4.78 is 39.4. The summed E-state index contributed by atoms with van der Waals surface area (Å²) in [4.78, 5) is 13.2. The van der Waals surface area contributed by atoms with Crippen LogP contribution in [0.5, 0.6) is 11.5 Å². The number of benzene rings is 3. The Balaban J connectivity index is 1.55. The van der Waals surface area contributed by atoms with Gasteiger partial charge in [0.25, 0.3) is 15.9 Å². The Hall–Kier alpha value is -3.52. The normalized spacial score (nSPS) is 16.3. The van der Waals surface area contributed by atoms with Crippen molar-refractivity contribution in [3.05, 3.63) is 84.4 Å². The van der Waals surface area contributed by atoms with Crippen LogP contribution in [-0.4, -0.2) is 33.6 Å². The second-order valence-electron chi connectivity index (χ2n) is 7.66. The lowest BCUT2D eigenvalue weighted by atomic mass is 10.1. The molecule has 4 rings (SSSR count). The maximum atomic E-state index is 13.4. The standard InChI is InChI=1S/C25H26N2O5S/c1-3-31-20-15-13-19(14-16-20)18(2)26-25(28)24-17-27(22-11-7-8-12-23(22)32-24)33(29,30)21-9-5-4-6-10-21/h4-16,18,24H,3,17H2,1-2H3,(H,26,28). The first kappa shape index (κ1) is 22.7. The first-order valence-corrected chi connectivity index (χ1v) is 12.2. The van der Waals surface area contributed by atoms with Gasteiger partial charge in [0.1, 0.15) is 11.5 Å². The Morgan fingerprint density at radius 2 is 1.73 bits per heavy atom. The molecule has 0 aliphatic carbocycles. The van der Waals surface area contributed by atoms with E-state index in [9.17, 15) is 13.2 Å². The van der Waals surface area contributed by atoms with Gasteiger partial charge in [0.15, 0.2) is 6.10 Å². The van der Waals surface area contributed by atoms with Crippen LogP contribution in [-0.2, 0) is 14.8 Å². The summed E-state index contributed by atoms with van der Waals surface area (Å²) in [5.74, 6) is 0.713. The molecule has 8 heteroatoms. The summed E-state index contributed by atoms with van der Waals surface area (Å²) in [6, 6.07) is 22.2. The molecule has 2 atom stereocenters. The van der Waals surface area contributed by atoms with Gasteiger partial charge in [-0.2, -0.15) is 0 Å². The lowest BCUT2D eigenvalue weighted by Crippen LogP contribution is -2.51. The molecule has 0 saturated heterocycles. The van der Waals surface area contributed by atoms with Crippen LogP contribution in [0.25, 0.3) is 0 Å². The van der Waals surface area contributed by atoms with Crippen molar-refractivity contribution in [3.8, 4) is 11.5 Å². The van der Waals surface area contributed by atoms with Gasteiger partial charge in [-0.1, -0.05) is 42.5 Å². The van der Waals surface area contributed by atoms with Crippen LogP contribution in [0.2, 0.25) is 0 Å². The lowest BCUT2D eigenvalue weighted by Gasteiger charge is -2.35. The lowest BCUT2D eigenvalue weighted by molar-refractivity contribution is -0.128. The molecular formula is C25H26N2O5S. The zero-order valence-electron chi connectivity index (χ0n) is 18.5. The van der Waals surface area contributed by atoms with Gasteiger partial charge in [0.2, 0.25) is 0 Å². The van der Waals surface area contributed by atoms with E-state index in [-0.39, 0.29) is 23.4 Å². The molecule has 1 aliphatic rings. The first-order chi connectivity index (χ1) is 15.9. The van der Waals surface area contributed by atoms with Crippen LogP contribution in [0.3, 0.4) is 0 Å². The number of hydrogen-bond acceptors (Lipinski definition) is 5. The fraction of sp³-hybridized carbons (Fsp3) is 0.240. The predicted molar refractivity (Wildman–Crippen MR) is 126 cm³/mol. The summed E-state index contributed by atoms with van der Waals surface area (Å²) in [5.41, 5.74) is 1.31. The average molecular weight is 467 g/mol. The van der Waals surface area contributed by atoms with Gasteiger partial charge in [-0.25, -0.2) is 8.42 Å². The molecule has 1 amide bonds. The maximum Gasteiger partial charge on any atom is 0.264 e. The number of carbonyl (C=O) groups excluding carboxylic acids is 1. The number of para-hydroxylation sites is 2. The number of ether oxygens (including phenoxy) is 2. The smallest absolute Gasteiger partial charge is 0.264 e. The monoisotopic (exact) mass is 466 g/mol. The molecule has 1 N–H and O–H groups in total. The fourth-order valence-electron chi connectivity index (χ4n) is 3.70. The molecule has 0 aromatic heterocycles. The van der Waals surface area contributed by atoms with Crippen LogP contribution in [0.4, 0.5) is 5.69 Å². The molecule has 0 saturated carbocycles. The number of sulfonamides is 1. The molecular weight excluding hydrogens is 440 g/mol. The Morgan fingerprint density at radius 3 is 2.42 bits per heavy atom. The van der Waals surface area contributed by atoms with Crippen LogP contribution < -0.4 is 19.1 Å². The van der Waals surface area contributed by atoms with E-state index in [4.69, 9.17) is 9.47 Å². The van der Waals surface area contributed by atoms with Crippen molar-refractivity contribution in [2.75, 3.05) is 17.5 Å². The number of amides is 1. The molecule has 1 heterocycles. The highest BCUT2D eigenvalue weighted by molar-refractivity contribution is 7.92. The van der Waals surface area contributed by atoms with Gasteiger partial charge in [-0.3, -0.25) is 9.10 Å². The number of rotatable bonds is 7. The van der Waals surface area contributed by atoms with Crippen molar-refractivity contribution < 1.29 is 22.7 Å². The molecule has 2 unspecified atom stereocenters. The van der Waals surface area contributed by atoms with E-state index >= 15 is 0 Å². The molecule has 1 aliphatic heterocycles. The molecule has 0 radical (unpaired) electrons. The van der Waals surface area contributed by atoms with Crippen LogP contribution in [0, 0.1) is 0 Å². The third-order valence-electron chi connectivity index (χ3n) is 5.41. The number of fused-ring (bicyclic) bond motifs is 1. The van der Waals surface area contributed by atoms with Gasteiger partial charge in [0.05, 0.1) is 29.8 Å². The third kappa shape index (κ3) is 4.80. The topological polar surface area (TPSA) is 84.9 Å². The number of carbonyl (C=O) groups is 1. The molecule has 0 spiro atoms. The first-order valence-electron chi connectivity index (χ1n) is 10.8. The highest BCUT2D eigenvalue weighted by Gasteiger charge is 2.37. The predicted octanol–water partition coefficient (Wildman–Crippen LogP) is 3.92. The van der Waals surface area contributed by atoms with Crippen molar-refractivity contribution in [3.63, 3.8) is 0 Å². The second-order valence-corrected chi connectivity index (χ2v) is 9.52. The third-order valence-corrected chi connectivity index (χ3v) is 7.20. The van der Waals surface area contributed by atoms with E-state index < -0.39 is 16.1 Å². The number of anilines is 1. The number of nitrogens with one attached hydrogen (secondary N) is 1. The molecule has 7 nitrogen and oxygen atoms in total. The zero-order valence-corrected chi connectivity index (χ0v) is 19.3. The van der Waals surface area contributed by atoms with E-state index in [1.165, 1.54) is 16.4 Å². The molecule has 0 bridgehead atoms. The fourth-order valence-corrected chi connectivity index (χ4v) is 5.19. The Bertz CT molecular complexity index is 1210. The minimum Gasteiger partial charge on any atom is -0.494 e. The highest BCUT2D eigenvalue weighted by atomic mass is 32.2. The summed E-state index contributed by atoms with van der Waals surface area (Å²) in [6.45, 7) is 4.23. The molecule has 0 fully saturated rings. The van der Waals surface area contributed by atoms with E-state index in [0.29, 0.717) is 18.0 Å². The molecule has 172 valence electrons. The average Bonchev–Trinajstić information content (AvgIpc) is 2.84. The van der Waals surface area contributed by atoms with Gasteiger partial charge >= 0.3 is 0 Å². The largest absolute Gasteiger partial charge is 0.494 e. The van der Waals surface area contributed by atoms with Crippen molar-refractivity contribution in [1.29, 1.82) is 0 Å². The minimum atomic E-state index is -3.87. The zero-order chi connectivity index (χ0) is 23.4. The van der Waals surface area contributed by atoms with Crippen LogP contribution >= 0.6 is 0 Å². The van der Waals surface area contributed by atoms with Gasteiger partial charge in [-0.05, 0) is 55.8 Å². The van der Waals surface area contributed by atoms with Gasteiger partial charge in [0, 0.05) is 0 Å². The second kappa shape index (κ2) is 9.54. The maximum absolute atomic E-state index is 13.4. The van der Waals surface area contributed by atoms with E-state index in [1.807, 2.05) is 38.1 Å². The van der Waals surface area contributed by atoms with Gasteiger partial charge in [-0.15, -0.1) is 0 Å². The molecule has 3 aromatic rings. The Labute approximate surface area is 194 Å². The van der Waals surface area contributed by atoms with Crippen molar-refractivity contribution in [1.82, 2.24) is 5.32 Å². The van der Waals surface area contributed by atoms with Crippen molar-refractivity contribution in [2.24, 2.45) is 0 Å². The minimum absolute atomic E-state index is 0.129. The quantitative estimate of drug-likeness (QED) is 0.571. The van der Waals surface area contributed by atoms with Crippen molar-refractivity contribution in [2.45, 2.75) is 30.9 Å². The summed E-state index contributed by atoms with van der Waals surface area (Å²) in [6.07, 6.45) is -0.997. The Morgan fingerprint density at radius 1 is 1.06 bits per heavy atom. The molecule has 33 heavy (non-hydrogen) atoms. The van der Waals surface area contributed by atoms with E-state index in [1.54, 1.807) is 42.5 Å². The highest BCUT2D eigenvalue weighted by Crippen LogP contribution is 2.36. The van der Waals surface area contributed by atoms with E-state index in [2.05, 4.69) is 5.32 Å². The summed E-state index contributed by atoms with van der Waals surface area (Å²) in [7, 11) is -3.87. The SMILES string of the molecule is CCOc1ccc(C(C)NC(=O)C2CN(S(=O)(=O)c3ccccc3)c3ccccc3O2)cc1. The summed E-state index contributed by atoms with van der Waals surface area (Å²) >= 11 is 0. The Kier molecular flexibility index (Phi) is 6.55. The van der Waals surface area contributed by atoms with Gasteiger partial charge < -0.3 is 14.8 Å². The van der Waals surface area contributed by atoms with Crippen LogP contribution in [0.1, 0.15) is 25.5 Å².